The predicted molar refractivity (Wildman–Crippen MR) is 121 cm³/mol. The first-order valence-electron chi connectivity index (χ1n) is 9.83. The molecule has 2 N–H and O–H groups in total. The molecule has 1 aromatic heterocycles. The third-order valence-electron chi connectivity index (χ3n) is 5.22. The highest BCUT2D eigenvalue weighted by molar-refractivity contribution is 6.39. The average molecular weight is 425 g/mol. The van der Waals surface area contributed by atoms with Gasteiger partial charge in [0.15, 0.2) is 0 Å². The Balaban J connectivity index is 1.74. The van der Waals surface area contributed by atoms with Gasteiger partial charge in [0, 0.05) is 16.7 Å². The fourth-order valence-electron chi connectivity index (χ4n) is 3.71. The summed E-state index contributed by atoms with van der Waals surface area (Å²) in [4.78, 5) is 32.0. The SMILES string of the molecule is O=c1[nH]c(=O)n(-c2ccc(F)cc2)c(O)c1/C=C1\C(c2ccccc2)=Nc2ccccc21. The van der Waals surface area contributed by atoms with E-state index in [2.05, 4.69) is 4.98 Å². The molecule has 0 unspecified atom stereocenters. The van der Waals surface area contributed by atoms with E-state index in [9.17, 15) is 19.1 Å². The van der Waals surface area contributed by atoms with Crippen molar-refractivity contribution in [2.24, 2.45) is 4.99 Å². The summed E-state index contributed by atoms with van der Waals surface area (Å²) in [5.41, 5.74) is 2.20. The molecular weight excluding hydrogens is 409 g/mol. The van der Waals surface area contributed by atoms with Crippen LogP contribution in [0.2, 0.25) is 0 Å². The van der Waals surface area contributed by atoms with E-state index in [1.807, 2.05) is 54.6 Å². The molecule has 0 atom stereocenters. The number of hydrogen-bond donors (Lipinski definition) is 2. The van der Waals surface area contributed by atoms with Crippen molar-refractivity contribution in [2.45, 2.75) is 0 Å². The summed E-state index contributed by atoms with van der Waals surface area (Å²) < 4.78 is 14.3. The number of aliphatic imine (C=N–C) groups is 1. The molecule has 156 valence electrons. The number of fused-ring (bicyclic) bond motifs is 1. The van der Waals surface area contributed by atoms with E-state index < -0.39 is 22.9 Å². The van der Waals surface area contributed by atoms with Crippen molar-refractivity contribution in [3.63, 3.8) is 0 Å². The van der Waals surface area contributed by atoms with Crippen LogP contribution in [0, 0.1) is 5.82 Å². The standard InChI is InChI=1S/C25H16FN3O3/c26-16-10-12-17(13-11-16)29-24(31)20(23(30)28-25(29)32)14-19-18-8-4-5-9-21(18)27-22(19)15-6-2-1-3-7-15/h1-14,31H,(H,28,30,32)/b19-14-. The van der Waals surface area contributed by atoms with Crippen LogP contribution in [-0.2, 0) is 0 Å². The molecule has 0 bridgehead atoms. The molecule has 0 saturated heterocycles. The van der Waals surface area contributed by atoms with Crippen LogP contribution in [-0.4, -0.2) is 20.4 Å². The number of hydrogen-bond acceptors (Lipinski definition) is 4. The maximum absolute atomic E-state index is 13.3. The molecule has 0 amide bonds. The summed E-state index contributed by atoms with van der Waals surface area (Å²) >= 11 is 0. The van der Waals surface area contributed by atoms with Gasteiger partial charge in [0.2, 0.25) is 5.88 Å². The first-order chi connectivity index (χ1) is 15.5. The number of nitrogens with zero attached hydrogens (tertiary/aromatic N) is 2. The lowest BCUT2D eigenvalue weighted by atomic mass is 9.96. The number of rotatable bonds is 3. The highest BCUT2D eigenvalue weighted by atomic mass is 19.1. The molecule has 4 aromatic rings. The number of benzene rings is 3. The van der Waals surface area contributed by atoms with Crippen LogP contribution in [0.3, 0.4) is 0 Å². The number of aromatic hydroxyl groups is 1. The number of allylic oxidation sites excluding steroid dienone is 1. The molecular formula is C25H16FN3O3. The van der Waals surface area contributed by atoms with Gasteiger partial charge >= 0.3 is 5.69 Å². The van der Waals surface area contributed by atoms with Gasteiger partial charge in [-0.05, 0) is 36.4 Å². The number of nitrogens with one attached hydrogen (secondary N) is 1. The second-order valence-electron chi connectivity index (χ2n) is 7.21. The van der Waals surface area contributed by atoms with Gasteiger partial charge in [0.1, 0.15) is 11.4 Å². The van der Waals surface area contributed by atoms with E-state index in [4.69, 9.17) is 4.99 Å². The Morgan fingerprint density at radius 1 is 0.906 bits per heavy atom. The topological polar surface area (TPSA) is 87.5 Å². The van der Waals surface area contributed by atoms with Crippen LogP contribution in [0.4, 0.5) is 10.1 Å². The van der Waals surface area contributed by atoms with Crippen molar-refractivity contribution >= 4 is 23.0 Å². The fourth-order valence-corrected chi connectivity index (χ4v) is 3.71. The highest BCUT2D eigenvalue weighted by Crippen LogP contribution is 2.38. The minimum atomic E-state index is -0.829. The largest absolute Gasteiger partial charge is 0.494 e. The second kappa shape index (κ2) is 7.63. The summed E-state index contributed by atoms with van der Waals surface area (Å²) in [5, 5.41) is 10.9. The summed E-state index contributed by atoms with van der Waals surface area (Å²) in [6.45, 7) is 0. The zero-order valence-corrected chi connectivity index (χ0v) is 16.6. The summed E-state index contributed by atoms with van der Waals surface area (Å²) in [6, 6.07) is 22.0. The van der Waals surface area contributed by atoms with Gasteiger partial charge in [-0.15, -0.1) is 0 Å². The number of para-hydroxylation sites is 1. The minimum Gasteiger partial charge on any atom is -0.494 e. The molecule has 0 spiro atoms. The quantitative estimate of drug-likeness (QED) is 0.519. The Kier molecular flexibility index (Phi) is 4.63. The molecule has 3 aromatic carbocycles. The van der Waals surface area contributed by atoms with Crippen LogP contribution < -0.4 is 11.2 Å². The maximum atomic E-state index is 13.3. The van der Waals surface area contributed by atoms with Gasteiger partial charge in [0.05, 0.1) is 17.1 Å². The molecule has 1 aliphatic heterocycles. The summed E-state index contributed by atoms with van der Waals surface area (Å²) in [6.07, 6.45) is 1.52. The molecule has 0 fully saturated rings. The first-order valence-corrected chi connectivity index (χ1v) is 9.83. The van der Waals surface area contributed by atoms with Crippen LogP contribution in [0.1, 0.15) is 16.7 Å². The normalized spacial score (nSPS) is 13.8. The van der Waals surface area contributed by atoms with Gasteiger partial charge in [0.25, 0.3) is 5.56 Å². The lowest BCUT2D eigenvalue weighted by Gasteiger charge is -2.11. The molecule has 6 nitrogen and oxygen atoms in total. The summed E-state index contributed by atoms with van der Waals surface area (Å²) in [7, 11) is 0. The van der Waals surface area contributed by atoms with E-state index in [1.165, 1.54) is 18.2 Å². The Bertz CT molecular complexity index is 1520. The smallest absolute Gasteiger partial charge is 0.335 e. The van der Waals surface area contributed by atoms with E-state index >= 15 is 0 Å². The van der Waals surface area contributed by atoms with Gasteiger partial charge in [-0.2, -0.15) is 0 Å². The Morgan fingerprint density at radius 3 is 2.34 bits per heavy atom. The van der Waals surface area contributed by atoms with Gasteiger partial charge in [-0.25, -0.2) is 18.7 Å². The number of halogens is 1. The van der Waals surface area contributed by atoms with E-state index in [-0.39, 0.29) is 11.3 Å². The van der Waals surface area contributed by atoms with Crippen LogP contribution in [0.25, 0.3) is 17.3 Å². The third kappa shape index (κ3) is 3.26. The van der Waals surface area contributed by atoms with Crippen molar-refractivity contribution in [1.29, 1.82) is 0 Å². The van der Waals surface area contributed by atoms with E-state index in [1.54, 1.807) is 0 Å². The van der Waals surface area contributed by atoms with Crippen LogP contribution >= 0.6 is 0 Å². The first kappa shape index (κ1) is 19.4. The fraction of sp³-hybridized carbons (Fsp3) is 0. The van der Waals surface area contributed by atoms with Crippen LogP contribution in [0.5, 0.6) is 5.88 Å². The van der Waals surface area contributed by atoms with Crippen molar-refractivity contribution in [2.75, 3.05) is 0 Å². The molecule has 5 rings (SSSR count). The lowest BCUT2D eigenvalue weighted by Crippen LogP contribution is -2.30. The number of H-pyrrole nitrogens is 1. The van der Waals surface area contributed by atoms with Crippen molar-refractivity contribution < 1.29 is 9.50 Å². The second-order valence-corrected chi connectivity index (χ2v) is 7.21. The molecule has 32 heavy (non-hydrogen) atoms. The minimum absolute atomic E-state index is 0.107. The van der Waals surface area contributed by atoms with Crippen molar-refractivity contribution in [3.8, 4) is 11.6 Å². The van der Waals surface area contributed by atoms with Crippen LogP contribution in [0.15, 0.2) is 93.4 Å². The Labute approximate surface area is 181 Å². The van der Waals surface area contributed by atoms with Gasteiger partial charge in [-0.1, -0.05) is 48.5 Å². The third-order valence-corrected chi connectivity index (χ3v) is 5.22. The average Bonchev–Trinajstić information content (AvgIpc) is 3.17. The maximum Gasteiger partial charge on any atom is 0.335 e. The predicted octanol–water partition coefficient (Wildman–Crippen LogP) is 4.05. The Morgan fingerprint density at radius 2 is 1.59 bits per heavy atom. The zero-order valence-electron chi connectivity index (χ0n) is 16.6. The molecule has 2 heterocycles. The molecule has 0 saturated carbocycles. The molecule has 0 radical (unpaired) electrons. The van der Waals surface area contributed by atoms with Crippen molar-refractivity contribution in [3.05, 3.63) is 122 Å². The Hall–Kier alpha value is -4.52. The molecule has 0 aliphatic carbocycles. The number of aromatic amines is 1. The summed E-state index contributed by atoms with van der Waals surface area (Å²) in [5.74, 6) is -1.03. The number of aromatic nitrogens is 2. The van der Waals surface area contributed by atoms with Gasteiger partial charge in [-0.3, -0.25) is 9.78 Å². The zero-order chi connectivity index (χ0) is 22.2. The van der Waals surface area contributed by atoms with E-state index in [0.717, 1.165) is 33.5 Å². The van der Waals surface area contributed by atoms with Crippen molar-refractivity contribution in [1.82, 2.24) is 9.55 Å². The highest BCUT2D eigenvalue weighted by Gasteiger charge is 2.24. The van der Waals surface area contributed by atoms with Gasteiger partial charge < -0.3 is 5.11 Å². The molecule has 1 aliphatic rings. The monoisotopic (exact) mass is 425 g/mol. The lowest BCUT2D eigenvalue weighted by molar-refractivity contribution is 0.429. The molecule has 7 heteroatoms. The van der Waals surface area contributed by atoms with E-state index in [0.29, 0.717) is 11.3 Å².